The number of aromatic nitrogens is 2. The molecule has 0 spiro atoms. The van der Waals surface area contributed by atoms with Gasteiger partial charge in [0.25, 0.3) is 0 Å². The van der Waals surface area contributed by atoms with Crippen molar-refractivity contribution in [1.29, 1.82) is 0 Å². The van der Waals surface area contributed by atoms with Crippen molar-refractivity contribution in [2.45, 2.75) is 32.8 Å². The molecule has 0 bridgehead atoms. The standard InChI is InChI=1S/C21H28N6O4/c1-21(2,3)31-20(30)26-12-10-25(11-13-26)15-7-5-6-14-17(15)24(4)23-18(14)27-9-8-16(28)22-19(27)29/h5-7H,8-13H2,1-4H3,(H,22,28,29). The van der Waals surface area contributed by atoms with Gasteiger partial charge in [0.1, 0.15) is 5.60 Å². The summed E-state index contributed by atoms with van der Waals surface area (Å²) in [5.41, 5.74) is 1.39. The molecular weight excluding hydrogens is 400 g/mol. The van der Waals surface area contributed by atoms with Gasteiger partial charge in [-0.3, -0.25) is 19.7 Å². The lowest BCUT2D eigenvalue weighted by molar-refractivity contribution is -0.120. The van der Waals surface area contributed by atoms with Gasteiger partial charge in [0.05, 0.1) is 11.2 Å². The maximum atomic E-state index is 12.4. The van der Waals surface area contributed by atoms with Crippen LogP contribution >= 0.6 is 0 Å². The number of carbonyl (C=O) groups excluding carboxylic acids is 3. The Morgan fingerprint density at radius 2 is 1.81 bits per heavy atom. The van der Waals surface area contributed by atoms with Crippen LogP contribution in [0, 0.1) is 0 Å². The molecule has 4 amide bonds. The zero-order valence-electron chi connectivity index (χ0n) is 18.3. The van der Waals surface area contributed by atoms with Crippen LogP contribution in [0.15, 0.2) is 18.2 Å². The van der Waals surface area contributed by atoms with Crippen molar-refractivity contribution < 1.29 is 19.1 Å². The van der Waals surface area contributed by atoms with E-state index in [0.717, 1.165) is 16.6 Å². The molecule has 2 aliphatic rings. The van der Waals surface area contributed by atoms with Gasteiger partial charge >= 0.3 is 12.1 Å². The summed E-state index contributed by atoms with van der Waals surface area (Å²) in [6.07, 6.45) is -0.0466. The number of carbonyl (C=O) groups is 3. The van der Waals surface area contributed by atoms with Crippen molar-refractivity contribution in [3.8, 4) is 0 Å². The van der Waals surface area contributed by atoms with Gasteiger partial charge in [-0.25, -0.2) is 9.59 Å². The molecule has 0 radical (unpaired) electrons. The molecule has 4 rings (SSSR count). The summed E-state index contributed by atoms with van der Waals surface area (Å²) in [6.45, 7) is 8.34. The largest absolute Gasteiger partial charge is 0.444 e. The number of hydrogen-bond acceptors (Lipinski definition) is 6. The number of nitrogens with one attached hydrogen (secondary N) is 1. The van der Waals surface area contributed by atoms with E-state index < -0.39 is 11.6 Å². The van der Waals surface area contributed by atoms with E-state index in [1.807, 2.05) is 46.0 Å². The van der Waals surface area contributed by atoms with Crippen LogP contribution in [0.2, 0.25) is 0 Å². The highest BCUT2D eigenvalue weighted by Crippen LogP contribution is 2.34. The molecule has 0 atom stereocenters. The lowest BCUT2D eigenvalue weighted by atomic mass is 10.1. The van der Waals surface area contributed by atoms with Gasteiger partial charge in [-0.1, -0.05) is 6.07 Å². The Labute approximate surface area is 180 Å². The Balaban J connectivity index is 1.56. The fourth-order valence-corrected chi connectivity index (χ4v) is 3.98. The highest BCUT2D eigenvalue weighted by Gasteiger charge is 2.30. The predicted octanol–water partition coefficient (Wildman–Crippen LogP) is 2.08. The molecule has 3 heterocycles. The topological polar surface area (TPSA) is 100 Å². The minimum atomic E-state index is -0.518. The van der Waals surface area contributed by atoms with Gasteiger partial charge in [-0.15, -0.1) is 0 Å². The number of rotatable bonds is 2. The monoisotopic (exact) mass is 428 g/mol. The van der Waals surface area contributed by atoms with E-state index >= 15 is 0 Å². The summed E-state index contributed by atoms with van der Waals surface area (Å²) in [5, 5.41) is 7.78. The molecule has 0 aliphatic carbocycles. The minimum Gasteiger partial charge on any atom is -0.444 e. The van der Waals surface area contributed by atoms with Crippen LogP contribution in [0.5, 0.6) is 0 Å². The molecular formula is C21H28N6O4. The van der Waals surface area contributed by atoms with Crippen LogP contribution in [0.25, 0.3) is 10.9 Å². The molecule has 0 unspecified atom stereocenters. The smallest absolute Gasteiger partial charge is 0.410 e. The van der Waals surface area contributed by atoms with Crippen LogP contribution in [0.4, 0.5) is 21.1 Å². The van der Waals surface area contributed by atoms with E-state index in [0.29, 0.717) is 38.5 Å². The third-order valence-corrected chi connectivity index (χ3v) is 5.41. The Bertz CT molecular complexity index is 1030. The van der Waals surface area contributed by atoms with Gasteiger partial charge in [0.15, 0.2) is 5.82 Å². The number of imide groups is 1. The second kappa shape index (κ2) is 7.75. The number of piperazine rings is 1. The number of benzene rings is 1. The van der Waals surface area contributed by atoms with Crippen LogP contribution in [0.3, 0.4) is 0 Å². The summed E-state index contributed by atoms with van der Waals surface area (Å²) in [4.78, 5) is 41.6. The van der Waals surface area contributed by atoms with E-state index in [2.05, 4.69) is 15.3 Å². The quantitative estimate of drug-likeness (QED) is 0.786. The van der Waals surface area contributed by atoms with Crippen LogP contribution in [-0.2, 0) is 16.6 Å². The molecule has 2 fully saturated rings. The summed E-state index contributed by atoms with van der Waals surface area (Å²) >= 11 is 0. The molecule has 166 valence electrons. The van der Waals surface area contributed by atoms with Gasteiger partial charge in [0.2, 0.25) is 5.91 Å². The van der Waals surface area contributed by atoms with Crippen molar-refractivity contribution in [3.05, 3.63) is 18.2 Å². The summed E-state index contributed by atoms with van der Waals surface area (Å²) in [7, 11) is 1.85. The zero-order valence-corrected chi connectivity index (χ0v) is 18.3. The van der Waals surface area contributed by atoms with Crippen molar-refractivity contribution in [2.75, 3.05) is 42.5 Å². The average molecular weight is 428 g/mol. The fraction of sp³-hybridized carbons (Fsp3) is 0.524. The first-order chi connectivity index (χ1) is 14.6. The van der Waals surface area contributed by atoms with Gasteiger partial charge < -0.3 is 14.5 Å². The molecule has 2 aliphatic heterocycles. The molecule has 2 aromatic rings. The Morgan fingerprint density at radius 1 is 1.10 bits per heavy atom. The Hall–Kier alpha value is -3.30. The molecule has 31 heavy (non-hydrogen) atoms. The number of nitrogens with zero attached hydrogens (tertiary/aromatic N) is 5. The summed E-state index contributed by atoms with van der Waals surface area (Å²) in [5.74, 6) is 0.266. The van der Waals surface area contributed by atoms with E-state index in [1.54, 1.807) is 9.58 Å². The first-order valence-electron chi connectivity index (χ1n) is 10.4. The number of para-hydroxylation sites is 1. The number of ether oxygens (including phenoxy) is 1. The molecule has 0 saturated carbocycles. The van der Waals surface area contributed by atoms with Crippen molar-refractivity contribution >= 4 is 40.4 Å². The second-order valence-electron chi connectivity index (χ2n) is 8.83. The molecule has 1 aromatic heterocycles. The summed E-state index contributed by atoms with van der Waals surface area (Å²) < 4.78 is 7.25. The highest BCUT2D eigenvalue weighted by atomic mass is 16.6. The van der Waals surface area contributed by atoms with Crippen molar-refractivity contribution in [2.24, 2.45) is 7.05 Å². The minimum absolute atomic E-state index is 0.246. The number of amides is 4. The van der Waals surface area contributed by atoms with Crippen molar-refractivity contribution in [1.82, 2.24) is 20.0 Å². The highest BCUT2D eigenvalue weighted by molar-refractivity contribution is 6.10. The maximum Gasteiger partial charge on any atom is 0.410 e. The van der Waals surface area contributed by atoms with Gasteiger partial charge in [0, 0.05) is 51.6 Å². The number of anilines is 2. The van der Waals surface area contributed by atoms with Crippen LogP contribution in [-0.4, -0.2) is 71.0 Å². The van der Waals surface area contributed by atoms with E-state index in [9.17, 15) is 14.4 Å². The normalized spacial score (nSPS) is 17.9. The molecule has 10 heteroatoms. The summed E-state index contributed by atoms with van der Waals surface area (Å²) in [6, 6.07) is 5.45. The lowest BCUT2D eigenvalue weighted by Crippen LogP contribution is -2.50. The second-order valence-corrected chi connectivity index (χ2v) is 8.83. The lowest BCUT2D eigenvalue weighted by Gasteiger charge is -2.37. The number of aryl methyl sites for hydroxylation is 1. The third kappa shape index (κ3) is 4.14. The van der Waals surface area contributed by atoms with Crippen LogP contribution in [0.1, 0.15) is 27.2 Å². The first-order valence-corrected chi connectivity index (χ1v) is 10.4. The van der Waals surface area contributed by atoms with E-state index in [1.165, 1.54) is 4.90 Å². The van der Waals surface area contributed by atoms with Crippen LogP contribution < -0.4 is 15.1 Å². The Kier molecular flexibility index (Phi) is 5.24. The maximum absolute atomic E-state index is 12.4. The molecule has 10 nitrogen and oxygen atoms in total. The number of hydrogen-bond donors (Lipinski definition) is 1. The van der Waals surface area contributed by atoms with E-state index in [4.69, 9.17) is 4.74 Å². The predicted molar refractivity (Wildman–Crippen MR) is 116 cm³/mol. The average Bonchev–Trinajstić information content (AvgIpc) is 3.03. The first kappa shape index (κ1) is 21.0. The van der Waals surface area contributed by atoms with Gasteiger partial charge in [-0.05, 0) is 32.9 Å². The fourth-order valence-electron chi connectivity index (χ4n) is 3.98. The van der Waals surface area contributed by atoms with Crippen molar-refractivity contribution in [3.63, 3.8) is 0 Å². The molecule has 2 saturated heterocycles. The molecule has 1 N–H and O–H groups in total. The van der Waals surface area contributed by atoms with Gasteiger partial charge in [-0.2, -0.15) is 5.10 Å². The number of fused-ring (bicyclic) bond motifs is 1. The Morgan fingerprint density at radius 3 is 2.45 bits per heavy atom. The third-order valence-electron chi connectivity index (χ3n) is 5.41. The number of urea groups is 1. The zero-order chi connectivity index (χ0) is 22.3. The van der Waals surface area contributed by atoms with E-state index in [-0.39, 0.29) is 18.4 Å². The molecule has 1 aromatic carbocycles. The SMILES string of the molecule is Cn1nc(N2CCC(=O)NC2=O)c2cccc(N3CCN(C(=O)OC(C)(C)C)CC3)c21.